The average Bonchev–Trinajstić information content (AvgIpc) is 2.52. The zero-order valence-electron chi connectivity index (χ0n) is 11.8. The number of aliphatic carboxylic acids is 1. The van der Waals surface area contributed by atoms with Gasteiger partial charge in [0.05, 0.1) is 0 Å². The van der Waals surface area contributed by atoms with Gasteiger partial charge in [0.1, 0.15) is 5.41 Å². The molecule has 6 heteroatoms. The van der Waals surface area contributed by atoms with Crippen molar-refractivity contribution in [3.8, 4) is 0 Å². The van der Waals surface area contributed by atoms with Crippen molar-refractivity contribution >= 4 is 17.8 Å². The fraction of sp³-hybridized carbons (Fsp3) is 0.769. The van der Waals surface area contributed by atoms with E-state index in [-0.39, 0.29) is 5.91 Å². The van der Waals surface area contributed by atoms with Crippen LogP contribution in [0.5, 0.6) is 0 Å². The molecule has 19 heavy (non-hydrogen) atoms. The highest BCUT2D eigenvalue weighted by Gasteiger charge is 2.63. The molecule has 2 aliphatic heterocycles. The number of carbonyl (C=O) groups excluding carboxylic acids is 2. The highest BCUT2D eigenvalue weighted by molar-refractivity contribution is 6.11. The summed E-state index contributed by atoms with van der Waals surface area (Å²) in [4.78, 5) is 36.5. The van der Waals surface area contributed by atoms with E-state index in [2.05, 4.69) is 0 Å². The van der Waals surface area contributed by atoms with Crippen molar-refractivity contribution in [1.29, 1.82) is 0 Å². The number of carbonyl (C=O) groups is 3. The first kappa shape index (κ1) is 13.8. The monoisotopic (exact) mass is 268 g/mol. The molecule has 0 radical (unpaired) electrons. The lowest BCUT2D eigenvalue weighted by molar-refractivity contribution is -0.169. The smallest absolute Gasteiger partial charge is 0.328 e. The first-order chi connectivity index (χ1) is 8.62. The topological polar surface area (TPSA) is 77.9 Å². The fourth-order valence-electron chi connectivity index (χ4n) is 2.73. The maximum Gasteiger partial charge on any atom is 0.328 e. The van der Waals surface area contributed by atoms with E-state index in [1.165, 1.54) is 10.0 Å². The second-order valence-electron chi connectivity index (χ2n) is 6.45. The van der Waals surface area contributed by atoms with E-state index in [9.17, 15) is 19.5 Å². The van der Waals surface area contributed by atoms with E-state index in [1.807, 2.05) is 20.8 Å². The molecule has 0 aromatic heterocycles. The lowest BCUT2D eigenvalue weighted by atomic mass is 9.67. The van der Waals surface area contributed by atoms with Crippen molar-refractivity contribution in [2.24, 2.45) is 10.8 Å². The highest BCUT2D eigenvalue weighted by atomic mass is 16.4. The number of fused-ring (bicyclic) bond motifs is 1. The summed E-state index contributed by atoms with van der Waals surface area (Å²) >= 11 is 0. The molecule has 1 N–H and O–H groups in total. The van der Waals surface area contributed by atoms with E-state index < -0.39 is 28.7 Å². The number of rotatable bonds is 1. The van der Waals surface area contributed by atoms with Crippen LogP contribution < -0.4 is 0 Å². The van der Waals surface area contributed by atoms with E-state index in [0.29, 0.717) is 19.4 Å². The summed E-state index contributed by atoms with van der Waals surface area (Å²) < 4.78 is 0. The summed E-state index contributed by atoms with van der Waals surface area (Å²) in [7, 11) is 0. The van der Waals surface area contributed by atoms with Crippen molar-refractivity contribution in [2.75, 3.05) is 6.54 Å². The van der Waals surface area contributed by atoms with Crippen LogP contribution in [0.25, 0.3) is 0 Å². The standard InChI is InChI=1S/C13H20N2O4/c1-12(2,3)13(4)10(18)14-7-5-6-8(9(16)17)15(14)11(13)19/h8H,5-7H2,1-4H3,(H,16,17). The minimum absolute atomic E-state index is 0.282. The number of amides is 2. The molecule has 0 saturated carbocycles. The molecule has 2 saturated heterocycles. The van der Waals surface area contributed by atoms with Gasteiger partial charge < -0.3 is 5.11 Å². The number of carboxylic acid groups (broad SMARTS) is 1. The van der Waals surface area contributed by atoms with Gasteiger partial charge in [0, 0.05) is 6.54 Å². The molecule has 2 rings (SSSR count). The van der Waals surface area contributed by atoms with Gasteiger partial charge in [-0.3, -0.25) is 9.59 Å². The Labute approximate surface area is 112 Å². The predicted octanol–water partition coefficient (Wildman–Crippen LogP) is 0.872. The van der Waals surface area contributed by atoms with Crippen LogP contribution >= 0.6 is 0 Å². The highest BCUT2D eigenvalue weighted by Crippen LogP contribution is 2.47. The first-order valence-electron chi connectivity index (χ1n) is 6.50. The zero-order valence-corrected chi connectivity index (χ0v) is 11.8. The Hall–Kier alpha value is -1.59. The second-order valence-corrected chi connectivity index (χ2v) is 6.45. The maximum atomic E-state index is 12.6. The summed E-state index contributed by atoms with van der Waals surface area (Å²) in [5.74, 6) is -1.72. The largest absolute Gasteiger partial charge is 0.480 e. The summed E-state index contributed by atoms with van der Waals surface area (Å²) in [6.07, 6.45) is 0.998. The van der Waals surface area contributed by atoms with Crippen molar-refractivity contribution in [1.82, 2.24) is 10.0 Å². The van der Waals surface area contributed by atoms with Crippen LogP contribution in [0.3, 0.4) is 0 Å². The lowest BCUT2D eigenvalue weighted by Gasteiger charge is -2.36. The van der Waals surface area contributed by atoms with Crippen LogP contribution in [0.4, 0.5) is 0 Å². The Balaban J connectivity index is 2.48. The average molecular weight is 268 g/mol. The molecule has 2 atom stereocenters. The number of hydrogen-bond acceptors (Lipinski definition) is 3. The van der Waals surface area contributed by atoms with Gasteiger partial charge in [-0.1, -0.05) is 20.8 Å². The van der Waals surface area contributed by atoms with Crippen molar-refractivity contribution in [2.45, 2.75) is 46.6 Å². The van der Waals surface area contributed by atoms with Crippen LogP contribution in [-0.2, 0) is 14.4 Å². The van der Waals surface area contributed by atoms with Crippen LogP contribution in [0, 0.1) is 10.8 Å². The third-order valence-corrected chi connectivity index (χ3v) is 4.49. The molecule has 0 spiro atoms. The molecule has 0 aromatic carbocycles. The normalized spacial score (nSPS) is 31.7. The number of hydrogen-bond donors (Lipinski definition) is 1. The number of carboxylic acids is 1. The Morgan fingerprint density at radius 2 is 1.89 bits per heavy atom. The van der Waals surface area contributed by atoms with Gasteiger partial charge in [-0.15, -0.1) is 0 Å². The fourth-order valence-corrected chi connectivity index (χ4v) is 2.73. The Kier molecular flexibility index (Phi) is 2.88. The predicted molar refractivity (Wildman–Crippen MR) is 66.8 cm³/mol. The van der Waals surface area contributed by atoms with Gasteiger partial charge in [-0.05, 0) is 25.2 Å². The minimum atomic E-state index is -1.19. The summed E-state index contributed by atoms with van der Waals surface area (Å²) in [6, 6.07) is -0.922. The molecule has 0 aliphatic carbocycles. The Morgan fingerprint density at radius 3 is 2.37 bits per heavy atom. The van der Waals surface area contributed by atoms with E-state index in [4.69, 9.17) is 0 Å². The Bertz CT molecular complexity index is 454. The molecule has 2 amide bonds. The maximum absolute atomic E-state index is 12.6. The van der Waals surface area contributed by atoms with Gasteiger partial charge in [-0.25, -0.2) is 14.8 Å². The van der Waals surface area contributed by atoms with Crippen molar-refractivity contribution in [3.63, 3.8) is 0 Å². The first-order valence-corrected chi connectivity index (χ1v) is 6.50. The number of nitrogens with zero attached hydrogens (tertiary/aromatic N) is 2. The van der Waals surface area contributed by atoms with E-state index >= 15 is 0 Å². The quantitative estimate of drug-likeness (QED) is 0.716. The summed E-state index contributed by atoms with van der Waals surface area (Å²) in [5, 5.41) is 11.7. The number of hydrazine groups is 1. The molecule has 6 nitrogen and oxygen atoms in total. The summed E-state index contributed by atoms with van der Waals surface area (Å²) in [6.45, 7) is 7.53. The van der Waals surface area contributed by atoms with Gasteiger partial charge in [0.15, 0.2) is 6.04 Å². The van der Waals surface area contributed by atoms with Gasteiger partial charge in [0.2, 0.25) is 0 Å². The SMILES string of the molecule is CC(C)(C)C1(C)C(=O)N2CCCC(C(=O)O)N2C1=O. The van der Waals surface area contributed by atoms with E-state index in [1.54, 1.807) is 6.92 Å². The summed E-state index contributed by atoms with van der Waals surface area (Å²) in [5.41, 5.74) is -1.74. The Morgan fingerprint density at radius 1 is 1.32 bits per heavy atom. The van der Waals surface area contributed by atoms with Crippen LogP contribution in [0.2, 0.25) is 0 Å². The molecule has 2 unspecified atom stereocenters. The molecule has 0 aromatic rings. The third-order valence-electron chi connectivity index (χ3n) is 4.49. The van der Waals surface area contributed by atoms with E-state index in [0.717, 1.165) is 0 Å². The molecular weight excluding hydrogens is 248 g/mol. The molecule has 2 aliphatic rings. The third kappa shape index (κ3) is 1.65. The van der Waals surface area contributed by atoms with Gasteiger partial charge >= 0.3 is 5.97 Å². The zero-order chi connectivity index (χ0) is 14.6. The van der Waals surface area contributed by atoms with Crippen molar-refractivity contribution < 1.29 is 19.5 Å². The molecule has 106 valence electrons. The minimum Gasteiger partial charge on any atom is -0.480 e. The molecular formula is C13H20N2O4. The van der Waals surface area contributed by atoms with Gasteiger partial charge in [-0.2, -0.15) is 0 Å². The molecule has 2 fully saturated rings. The van der Waals surface area contributed by atoms with Crippen LogP contribution in [0.1, 0.15) is 40.5 Å². The van der Waals surface area contributed by atoms with Crippen molar-refractivity contribution in [3.05, 3.63) is 0 Å². The molecule has 0 bridgehead atoms. The second kappa shape index (κ2) is 3.95. The van der Waals surface area contributed by atoms with Crippen LogP contribution in [-0.4, -0.2) is 45.5 Å². The van der Waals surface area contributed by atoms with Crippen LogP contribution in [0.15, 0.2) is 0 Å². The lowest BCUT2D eigenvalue weighted by Crippen LogP contribution is -2.54. The molecule has 2 heterocycles. The van der Waals surface area contributed by atoms with Gasteiger partial charge in [0.25, 0.3) is 11.8 Å².